The van der Waals surface area contributed by atoms with E-state index in [-0.39, 0.29) is 5.78 Å². The van der Waals surface area contributed by atoms with Gasteiger partial charge in [-0.1, -0.05) is 18.2 Å². The van der Waals surface area contributed by atoms with Crippen LogP contribution in [-0.4, -0.2) is 12.4 Å². The summed E-state index contributed by atoms with van der Waals surface area (Å²) in [5, 5.41) is 0. The number of hydrogen-bond acceptors (Lipinski definition) is 2. The van der Waals surface area contributed by atoms with Gasteiger partial charge in [0.1, 0.15) is 11.5 Å². The van der Waals surface area contributed by atoms with Crippen LogP contribution in [-0.2, 0) is 4.79 Å². The molecule has 2 heteroatoms. The lowest BCUT2D eigenvalue weighted by Crippen LogP contribution is -2.04. The molecule has 0 radical (unpaired) electrons. The molecule has 0 bridgehead atoms. The number of benzene rings is 1. The minimum atomic E-state index is 0.163. The Bertz CT molecular complexity index is 309. The molecule has 76 valence electrons. The number of ether oxygens (including phenoxy) is 1. The quantitative estimate of drug-likeness (QED) is 0.733. The lowest BCUT2D eigenvalue weighted by molar-refractivity contribution is -0.117. The van der Waals surface area contributed by atoms with Crippen LogP contribution in [0.5, 0.6) is 5.75 Å². The van der Waals surface area contributed by atoms with E-state index in [0.717, 1.165) is 16.9 Å². The van der Waals surface area contributed by atoms with E-state index < -0.39 is 0 Å². The first-order valence-electron chi connectivity index (χ1n) is 4.79. The molecule has 0 aliphatic heterocycles. The predicted octanol–water partition coefficient (Wildman–Crippen LogP) is 2.66. The van der Waals surface area contributed by atoms with Crippen molar-refractivity contribution in [3.05, 3.63) is 29.3 Å². The van der Waals surface area contributed by atoms with Crippen LogP contribution in [0, 0.1) is 13.8 Å². The molecule has 1 aromatic carbocycles. The van der Waals surface area contributed by atoms with E-state index in [2.05, 4.69) is 0 Å². The van der Waals surface area contributed by atoms with Crippen LogP contribution in [0.2, 0.25) is 0 Å². The second-order valence-electron chi connectivity index (χ2n) is 3.52. The topological polar surface area (TPSA) is 26.3 Å². The van der Waals surface area contributed by atoms with Gasteiger partial charge < -0.3 is 4.74 Å². The average Bonchev–Trinajstić information content (AvgIpc) is 2.09. The smallest absolute Gasteiger partial charge is 0.133 e. The first-order chi connectivity index (χ1) is 6.61. The highest BCUT2D eigenvalue weighted by Crippen LogP contribution is 2.22. The summed E-state index contributed by atoms with van der Waals surface area (Å²) in [6.07, 6.45) is 0.480. The van der Waals surface area contributed by atoms with E-state index in [9.17, 15) is 4.79 Å². The molecular formula is C12H16O2. The molecule has 14 heavy (non-hydrogen) atoms. The van der Waals surface area contributed by atoms with Crippen molar-refractivity contribution in [2.75, 3.05) is 6.61 Å². The van der Waals surface area contributed by atoms with Crippen molar-refractivity contribution < 1.29 is 9.53 Å². The zero-order valence-electron chi connectivity index (χ0n) is 8.96. The van der Waals surface area contributed by atoms with Crippen LogP contribution >= 0.6 is 0 Å². The Balaban J connectivity index is 2.62. The van der Waals surface area contributed by atoms with Gasteiger partial charge in [0.2, 0.25) is 0 Å². The Labute approximate surface area is 84.9 Å². The van der Waals surface area contributed by atoms with Gasteiger partial charge in [0, 0.05) is 6.42 Å². The van der Waals surface area contributed by atoms with E-state index >= 15 is 0 Å². The monoisotopic (exact) mass is 192 g/mol. The Kier molecular flexibility index (Phi) is 3.69. The van der Waals surface area contributed by atoms with Gasteiger partial charge in [0.25, 0.3) is 0 Å². The summed E-state index contributed by atoms with van der Waals surface area (Å²) in [5.74, 6) is 1.07. The first kappa shape index (κ1) is 10.8. The molecule has 0 fully saturated rings. The van der Waals surface area contributed by atoms with Gasteiger partial charge >= 0.3 is 0 Å². The zero-order chi connectivity index (χ0) is 10.6. The molecule has 0 spiro atoms. The largest absolute Gasteiger partial charge is 0.493 e. The third-order valence-corrected chi connectivity index (χ3v) is 2.11. The third-order valence-electron chi connectivity index (χ3n) is 2.11. The molecule has 0 aliphatic rings. The van der Waals surface area contributed by atoms with Crippen molar-refractivity contribution in [3.63, 3.8) is 0 Å². The molecule has 0 atom stereocenters. The van der Waals surface area contributed by atoms with Crippen molar-refractivity contribution in [1.82, 2.24) is 0 Å². The summed E-state index contributed by atoms with van der Waals surface area (Å²) in [5.41, 5.74) is 2.24. The fourth-order valence-electron chi connectivity index (χ4n) is 1.32. The highest BCUT2D eigenvalue weighted by molar-refractivity contribution is 5.75. The summed E-state index contributed by atoms with van der Waals surface area (Å²) in [4.78, 5) is 10.7. The SMILES string of the molecule is CC(=O)CCOc1c(C)cccc1C. The maximum Gasteiger partial charge on any atom is 0.133 e. The fraction of sp³-hybridized carbons (Fsp3) is 0.417. The number of Topliss-reactive ketones (excluding diaryl/α,β-unsaturated/α-hetero) is 1. The van der Waals surface area contributed by atoms with Gasteiger partial charge in [0.05, 0.1) is 6.61 Å². The molecule has 0 unspecified atom stereocenters. The highest BCUT2D eigenvalue weighted by Gasteiger charge is 2.03. The van der Waals surface area contributed by atoms with E-state index in [0.29, 0.717) is 13.0 Å². The number of carbonyl (C=O) groups is 1. The van der Waals surface area contributed by atoms with Gasteiger partial charge in [-0.2, -0.15) is 0 Å². The van der Waals surface area contributed by atoms with E-state index in [1.165, 1.54) is 0 Å². The summed E-state index contributed by atoms with van der Waals surface area (Å²) in [6, 6.07) is 6.02. The first-order valence-corrected chi connectivity index (χ1v) is 4.79. The maximum atomic E-state index is 10.7. The van der Waals surface area contributed by atoms with E-state index in [1.807, 2.05) is 32.0 Å². The van der Waals surface area contributed by atoms with Crippen molar-refractivity contribution in [1.29, 1.82) is 0 Å². The second-order valence-corrected chi connectivity index (χ2v) is 3.52. The summed E-state index contributed by atoms with van der Waals surface area (Å²) < 4.78 is 5.56. The van der Waals surface area contributed by atoms with Crippen molar-refractivity contribution in [2.24, 2.45) is 0 Å². The molecule has 0 saturated heterocycles. The Morgan fingerprint density at radius 3 is 2.36 bits per heavy atom. The van der Waals surface area contributed by atoms with Crippen LogP contribution < -0.4 is 4.74 Å². The standard InChI is InChI=1S/C12H16O2/c1-9-5-4-6-10(2)12(9)14-8-7-11(3)13/h4-6H,7-8H2,1-3H3. The molecule has 0 aromatic heterocycles. The number of para-hydroxylation sites is 1. The van der Waals surface area contributed by atoms with Crippen LogP contribution in [0.4, 0.5) is 0 Å². The van der Waals surface area contributed by atoms with E-state index in [4.69, 9.17) is 4.74 Å². The molecule has 1 rings (SSSR count). The number of carbonyl (C=O) groups excluding carboxylic acids is 1. The summed E-state index contributed by atoms with van der Waals surface area (Å²) in [6.45, 7) is 6.07. The van der Waals surface area contributed by atoms with E-state index in [1.54, 1.807) is 6.92 Å². The molecule has 0 aliphatic carbocycles. The minimum absolute atomic E-state index is 0.163. The van der Waals surface area contributed by atoms with Crippen LogP contribution in [0.15, 0.2) is 18.2 Å². The van der Waals surface area contributed by atoms with Crippen LogP contribution in [0.25, 0.3) is 0 Å². The fourth-order valence-corrected chi connectivity index (χ4v) is 1.32. The van der Waals surface area contributed by atoms with Gasteiger partial charge in [-0.25, -0.2) is 0 Å². The molecule has 1 aromatic rings. The van der Waals surface area contributed by atoms with Crippen LogP contribution in [0.3, 0.4) is 0 Å². The zero-order valence-corrected chi connectivity index (χ0v) is 8.96. The Hall–Kier alpha value is -1.31. The highest BCUT2D eigenvalue weighted by atomic mass is 16.5. The van der Waals surface area contributed by atoms with Crippen molar-refractivity contribution >= 4 is 5.78 Å². The molecule has 0 amide bonds. The second kappa shape index (κ2) is 4.80. The van der Waals surface area contributed by atoms with Gasteiger partial charge in [-0.3, -0.25) is 4.79 Å². The minimum Gasteiger partial charge on any atom is -0.493 e. The number of aryl methyl sites for hydroxylation is 2. The average molecular weight is 192 g/mol. The van der Waals surface area contributed by atoms with Gasteiger partial charge in [0.15, 0.2) is 0 Å². The lowest BCUT2D eigenvalue weighted by atomic mass is 10.1. The molecular weight excluding hydrogens is 176 g/mol. The number of hydrogen-bond donors (Lipinski definition) is 0. The third kappa shape index (κ3) is 2.87. The summed E-state index contributed by atoms with van der Waals surface area (Å²) in [7, 11) is 0. The number of ketones is 1. The molecule has 0 heterocycles. The number of rotatable bonds is 4. The van der Waals surface area contributed by atoms with Gasteiger partial charge in [-0.15, -0.1) is 0 Å². The van der Waals surface area contributed by atoms with Crippen molar-refractivity contribution in [2.45, 2.75) is 27.2 Å². The molecule has 0 saturated carbocycles. The lowest BCUT2D eigenvalue weighted by Gasteiger charge is -2.10. The van der Waals surface area contributed by atoms with Crippen LogP contribution in [0.1, 0.15) is 24.5 Å². The summed E-state index contributed by atoms with van der Waals surface area (Å²) >= 11 is 0. The normalized spacial score (nSPS) is 9.93. The Morgan fingerprint density at radius 2 is 1.86 bits per heavy atom. The van der Waals surface area contributed by atoms with Crippen molar-refractivity contribution in [3.8, 4) is 5.75 Å². The maximum absolute atomic E-state index is 10.7. The molecule has 0 N–H and O–H groups in total. The molecule has 2 nitrogen and oxygen atoms in total. The van der Waals surface area contributed by atoms with Gasteiger partial charge in [-0.05, 0) is 31.9 Å². The Morgan fingerprint density at radius 1 is 1.29 bits per heavy atom. The predicted molar refractivity (Wildman–Crippen MR) is 56.7 cm³/mol.